The molecule has 0 N–H and O–H groups in total. The van der Waals surface area contributed by atoms with Gasteiger partial charge in [0.25, 0.3) is 0 Å². The van der Waals surface area contributed by atoms with Crippen molar-refractivity contribution in [1.82, 2.24) is 4.98 Å². The maximum Gasteiger partial charge on any atom is 0.130 e. The lowest BCUT2D eigenvalue weighted by atomic mass is 10.1. The van der Waals surface area contributed by atoms with E-state index in [0.717, 1.165) is 22.6 Å². The number of ether oxygens (including phenoxy) is 2. The zero-order valence-corrected chi connectivity index (χ0v) is 9.31. The van der Waals surface area contributed by atoms with Crippen molar-refractivity contribution in [2.75, 3.05) is 14.2 Å². The minimum atomic E-state index is 0.782. The molecule has 0 atom stereocenters. The van der Waals surface area contributed by atoms with Gasteiger partial charge < -0.3 is 9.47 Å². The highest BCUT2D eigenvalue weighted by Crippen LogP contribution is 2.32. The second-order valence-corrected chi connectivity index (χ2v) is 3.31. The first kappa shape index (κ1) is 10.5. The molecule has 0 amide bonds. The van der Waals surface area contributed by atoms with Crippen LogP contribution in [0.15, 0.2) is 42.7 Å². The fourth-order valence-electron chi connectivity index (χ4n) is 1.56. The standard InChI is InChI=1S/C13H13NO2/c1-15-11-5-6-12(13(8-11)16-2)10-4-3-7-14-9-10/h3-9H,1-2H3. The van der Waals surface area contributed by atoms with Crippen LogP contribution in [0.3, 0.4) is 0 Å². The molecule has 82 valence electrons. The molecule has 2 rings (SSSR count). The van der Waals surface area contributed by atoms with Crippen LogP contribution in [-0.2, 0) is 0 Å². The summed E-state index contributed by atoms with van der Waals surface area (Å²) in [5, 5.41) is 0. The van der Waals surface area contributed by atoms with Crippen LogP contribution in [0.4, 0.5) is 0 Å². The molecule has 1 heterocycles. The molecule has 16 heavy (non-hydrogen) atoms. The molecule has 0 radical (unpaired) electrons. The Kier molecular flexibility index (Phi) is 3.05. The van der Waals surface area contributed by atoms with Gasteiger partial charge in [0.2, 0.25) is 0 Å². The van der Waals surface area contributed by atoms with Crippen LogP contribution in [-0.4, -0.2) is 19.2 Å². The Balaban J connectivity index is 2.49. The van der Waals surface area contributed by atoms with Crippen LogP contribution < -0.4 is 9.47 Å². The monoisotopic (exact) mass is 215 g/mol. The number of benzene rings is 1. The quantitative estimate of drug-likeness (QED) is 0.788. The number of aromatic nitrogens is 1. The second-order valence-electron chi connectivity index (χ2n) is 3.31. The molecule has 0 aliphatic heterocycles. The summed E-state index contributed by atoms with van der Waals surface area (Å²) in [7, 11) is 3.28. The molecule has 0 fully saturated rings. The summed E-state index contributed by atoms with van der Waals surface area (Å²) >= 11 is 0. The van der Waals surface area contributed by atoms with Crippen LogP contribution in [0, 0.1) is 0 Å². The van der Waals surface area contributed by atoms with Gasteiger partial charge in [0.15, 0.2) is 0 Å². The van der Waals surface area contributed by atoms with E-state index in [0.29, 0.717) is 0 Å². The van der Waals surface area contributed by atoms with E-state index in [4.69, 9.17) is 9.47 Å². The molecule has 0 unspecified atom stereocenters. The van der Waals surface area contributed by atoms with Gasteiger partial charge in [0, 0.05) is 29.6 Å². The van der Waals surface area contributed by atoms with E-state index in [1.165, 1.54) is 0 Å². The third kappa shape index (κ3) is 1.98. The lowest BCUT2D eigenvalue weighted by Gasteiger charge is -2.09. The molecule has 0 saturated heterocycles. The summed E-state index contributed by atoms with van der Waals surface area (Å²) in [5.41, 5.74) is 2.04. The van der Waals surface area contributed by atoms with E-state index in [1.54, 1.807) is 20.4 Å². The van der Waals surface area contributed by atoms with Gasteiger partial charge in [-0.25, -0.2) is 0 Å². The van der Waals surface area contributed by atoms with Gasteiger partial charge in [-0.15, -0.1) is 0 Å². The third-order valence-corrected chi connectivity index (χ3v) is 2.38. The summed E-state index contributed by atoms with van der Waals surface area (Å²) in [6.45, 7) is 0. The molecule has 3 heteroatoms. The lowest BCUT2D eigenvalue weighted by molar-refractivity contribution is 0.395. The Bertz CT molecular complexity index is 469. The molecular formula is C13H13NO2. The summed E-state index contributed by atoms with van der Waals surface area (Å²) < 4.78 is 10.5. The first-order valence-corrected chi connectivity index (χ1v) is 4.97. The average molecular weight is 215 g/mol. The highest BCUT2D eigenvalue weighted by atomic mass is 16.5. The summed E-state index contributed by atoms with van der Waals surface area (Å²) in [6.07, 6.45) is 3.56. The van der Waals surface area contributed by atoms with E-state index >= 15 is 0 Å². The number of nitrogens with zero attached hydrogens (tertiary/aromatic N) is 1. The number of hydrogen-bond donors (Lipinski definition) is 0. The largest absolute Gasteiger partial charge is 0.497 e. The Morgan fingerprint density at radius 3 is 2.56 bits per heavy atom. The van der Waals surface area contributed by atoms with Crippen LogP contribution in [0.2, 0.25) is 0 Å². The van der Waals surface area contributed by atoms with Crippen molar-refractivity contribution in [1.29, 1.82) is 0 Å². The predicted molar refractivity (Wildman–Crippen MR) is 62.8 cm³/mol. The van der Waals surface area contributed by atoms with E-state index in [2.05, 4.69) is 4.98 Å². The SMILES string of the molecule is COc1ccc(-c2cccnc2)c(OC)c1. The van der Waals surface area contributed by atoms with Gasteiger partial charge in [0.1, 0.15) is 11.5 Å². The third-order valence-electron chi connectivity index (χ3n) is 2.38. The second kappa shape index (κ2) is 4.66. The van der Waals surface area contributed by atoms with Crippen LogP contribution in [0.5, 0.6) is 11.5 Å². The summed E-state index contributed by atoms with van der Waals surface area (Å²) in [4.78, 5) is 4.09. The van der Waals surface area contributed by atoms with E-state index in [1.807, 2.05) is 36.5 Å². The molecular weight excluding hydrogens is 202 g/mol. The van der Waals surface area contributed by atoms with Gasteiger partial charge >= 0.3 is 0 Å². The Hall–Kier alpha value is -2.03. The smallest absolute Gasteiger partial charge is 0.130 e. The van der Waals surface area contributed by atoms with Crippen molar-refractivity contribution in [3.63, 3.8) is 0 Å². The molecule has 1 aromatic carbocycles. The van der Waals surface area contributed by atoms with Gasteiger partial charge in [0.05, 0.1) is 14.2 Å². The first-order valence-electron chi connectivity index (χ1n) is 4.97. The summed E-state index contributed by atoms with van der Waals surface area (Å²) in [5.74, 6) is 1.57. The molecule has 3 nitrogen and oxygen atoms in total. The minimum Gasteiger partial charge on any atom is -0.497 e. The van der Waals surface area contributed by atoms with Gasteiger partial charge in [-0.05, 0) is 18.2 Å². The Morgan fingerprint density at radius 1 is 1.06 bits per heavy atom. The van der Waals surface area contributed by atoms with Gasteiger partial charge in [-0.2, -0.15) is 0 Å². The number of hydrogen-bond acceptors (Lipinski definition) is 3. The highest BCUT2D eigenvalue weighted by Gasteiger charge is 2.06. The minimum absolute atomic E-state index is 0.782. The molecule has 2 aromatic rings. The normalized spacial score (nSPS) is 9.88. The van der Waals surface area contributed by atoms with Crippen LogP contribution >= 0.6 is 0 Å². The fourth-order valence-corrected chi connectivity index (χ4v) is 1.56. The van der Waals surface area contributed by atoms with Gasteiger partial charge in [-0.3, -0.25) is 4.98 Å². The van der Waals surface area contributed by atoms with Crippen molar-refractivity contribution in [3.8, 4) is 22.6 Å². The zero-order chi connectivity index (χ0) is 11.4. The maximum absolute atomic E-state index is 5.33. The highest BCUT2D eigenvalue weighted by molar-refractivity contribution is 5.70. The van der Waals surface area contributed by atoms with Crippen LogP contribution in [0.1, 0.15) is 0 Å². The number of rotatable bonds is 3. The first-order chi connectivity index (χ1) is 7.85. The molecule has 0 saturated carbocycles. The molecule has 0 spiro atoms. The summed E-state index contributed by atoms with van der Waals surface area (Å²) in [6, 6.07) is 9.64. The molecule has 1 aromatic heterocycles. The van der Waals surface area contributed by atoms with Gasteiger partial charge in [-0.1, -0.05) is 6.07 Å². The van der Waals surface area contributed by atoms with Crippen molar-refractivity contribution < 1.29 is 9.47 Å². The van der Waals surface area contributed by atoms with E-state index in [9.17, 15) is 0 Å². The van der Waals surface area contributed by atoms with Crippen molar-refractivity contribution in [3.05, 3.63) is 42.7 Å². The average Bonchev–Trinajstić information content (AvgIpc) is 2.39. The van der Waals surface area contributed by atoms with Crippen molar-refractivity contribution in [2.45, 2.75) is 0 Å². The van der Waals surface area contributed by atoms with Crippen molar-refractivity contribution in [2.24, 2.45) is 0 Å². The van der Waals surface area contributed by atoms with E-state index < -0.39 is 0 Å². The molecule has 0 aliphatic carbocycles. The van der Waals surface area contributed by atoms with Crippen molar-refractivity contribution >= 4 is 0 Å². The Labute approximate surface area is 94.7 Å². The molecule has 0 bridgehead atoms. The lowest BCUT2D eigenvalue weighted by Crippen LogP contribution is -1.90. The molecule has 0 aliphatic rings. The Morgan fingerprint density at radius 2 is 1.94 bits per heavy atom. The zero-order valence-electron chi connectivity index (χ0n) is 9.31. The fraction of sp³-hybridized carbons (Fsp3) is 0.154. The van der Waals surface area contributed by atoms with Crippen LogP contribution in [0.25, 0.3) is 11.1 Å². The number of pyridine rings is 1. The number of methoxy groups -OCH3 is 2. The van der Waals surface area contributed by atoms with E-state index in [-0.39, 0.29) is 0 Å². The topological polar surface area (TPSA) is 31.4 Å². The predicted octanol–water partition coefficient (Wildman–Crippen LogP) is 2.77. The maximum atomic E-state index is 5.33.